The standard InChI is InChI=1S/C12H18N2S.C12H18N2.C11H17N3.C11H16N2O.5C11H16N2S/c1-7(2)10-6-9-12(14(10)5)15-11(13-9)8(3)4;1-8(2)10-5-12-13-11(9(3)4)7-14(12)6-10;1-7(2)9-5-14-6-10(8(3)4)13-11(14)12-9;2*1-7(2)9-6-13-11(12-9)5-10(14-13)8(3)4;1-7(2)9-5-13-6-10(8(3)4)14-11(13)12-9;1-7(2)9-10(8(3)4)13-5-6-14-11(13)12-9;1-6(2)9-5-8-11(14-9)13-10(12-8)7(3)4;1-6(2)8-5-9-11(12-8)14-10(13-9)7(3)4/h6-8H,1-5H3;5,7-9H,6H2,1-4H3;5-8H,1-4H3,(H,12,13);4*5-8H,1-4H3;5-7H,1-4H3,(H,12,13);5-7,12H,1-4H3. The van der Waals surface area contributed by atoms with E-state index in [0.717, 1.165) is 78.2 Å². The zero-order valence-corrected chi connectivity index (χ0v) is 88.2. The number of nitrogens with one attached hydrogen (secondary N) is 3. The number of thiophene rings is 1. The second-order valence-corrected chi connectivity index (χ2v) is 45.6. The van der Waals surface area contributed by atoms with Crippen LogP contribution in [0.25, 0.3) is 64.1 Å². The van der Waals surface area contributed by atoms with Gasteiger partial charge in [0.25, 0.3) is 0 Å². The normalized spacial score (nSPS) is 12.5. The minimum Gasteiger partial charge on any atom is -0.378 e. The number of fused-ring (bicyclic) bond motifs is 9. The van der Waals surface area contributed by atoms with Crippen molar-refractivity contribution in [2.75, 3.05) is 0 Å². The Balaban J connectivity index is 0.000000149. The highest BCUT2D eigenvalue weighted by atomic mass is 32.1. The van der Waals surface area contributed by atoms with Gasteiger partial charge in [-0.2, -0.15) is 4.57 Å². The van der Waals surface area contributed by atoms with Gasteiger partial charge in [-0.1, -0.05) is 261 Å². The summed E-state index contributed by atoms with van der Waals surface area (Å²) >= 11 is 10.7. The van der Waals surface area contributed by atoms with E-state index in [0.29, 0.717) is 107 Å². The molecule has 0 saturated carbocycles. The number of allylic oxidation sites excluding steroid dienone is 1. The smallest absolute Gasteiger partial charge is 0.211 e. The molecule has 3 N–H and O–H groups in total. The van der Waals surface area contributed by atoms with Crippen molar-refractivity contribution in [2.24, 2.45) is 13.0 Å². The Morgan fingerprint density at radius 2 is 0.976 bits per heavy atom. The number of nitrogens with zero attached hydrogens (tertiary/aromatic N) is 16. The van der Waals surface area contributed by atoms with Crippen LogP contribution in [0.4, 0.5) is 0 Å². The van der Waals surface area contributed by atoms with Crippen LogP contribution >= 0.6 is 68.2 Å². The lowest BCUT2D eigenvalue weighted by Crippen LogP contribution is -1.99. The Morgan fingerprint density at radius 3 is 1.48 bits per heavy atom. The van der Waals surface area contributed by atoms with Crippen molar-refractivity contribution in [3.8, 4) is 0 Å². The van der Waals surface area contributed by atoms with Gasteiger partial charge in [0.1, 0.15) is 43.1 Å². The molecule has 1 aliphatic rings. The molecule has 127 heavy (non-hydrogen) atoms. The average Bonchev–Trinajstić information content (AvgIpc) is 1.62. The molecule has 20 nitrogen and oxygen atoms in total. The van der Waals surface area contributed by atoms with Gasteiger partial charge in [0.05, 0.1) is 61.4 Å². The number of thiazole rings is 4. The van der Waals surface area contributed by atoms with Crippen molar-refractivity contribution in [1.82, 2.24) is 90.5 Å². The Kier molecular flexibility index (Phi) is 34.4. The molecule has 0 saturated heterocycles. The third-order valence-corrected chi connectivity index (χ3v) is 29.6. The molecule has 0 atom stereocenters. The fourth-order valence-electron chi connectivity index (χ4n) is 13.8. The summed E-state index contributed by atoms with van der Waals surface area (Å²) in [5, 5.41) is 4.56. The van der Waals surface area contributed by atoms with Crippen LogP contribution in [0.5, 0.6) is 0 Å². The Labute approximate surface area is 780 Å². The third-order valence-electron chi connectivity index (χ3n) is 22.2. The molecule has 1 aliphatic heterocycles. The molecule has 0 aliphatic carbocycles. The molecule has 0 radical (unpaired) electrons. The highest BCUT2D eigenvalue weighted by Crippen LogP contribution is 2.37. The van der Waals surface area contributed by atoms with Crippen molar-refractivity contribution in [3.63, 3.8) is 0 Å². The lowest BCUT2D eigenvalue weighted by Gasteiger charge is -2.09. The van der Waals surface area contributed by atoms with E-state index in [4.69, 9.17) is 4.52 Å². The number of rotatable bonds is 18. The van der Waals surface area contributed by atoms with Crippen molar-refractivity contribution in [3.05, 3.63) is 190 Å². The lowest BCUT2D eigenvalue weighted by atomic mass is 10.0. The van der Waals surface area contributed by atoms with Gasteiger partial charge in [-0.15, -0.1) is 56.7 Å². The molecule has 690 valence electrons. The van der Waals surface area contributed by atoms with E-state index in [1.54, 1.807) is 61.5 Å². The molecule has 18 rings (SSSR count). The van der Waals surface area contributed by atoms with Gasteiger partial charge in [0.15, 0.2) is 15.6 Å². The molecule has 0 spiro atoms. The van der Waals surface area contributed by atoms with Crippen LogP contribution in [0.15, 0.2) is 95.4 Å². The van der Waals surface area contributed by atoms with Crippen LogP contribution in [0.2, 0.25) is 0 Å². The predicted molar refractivity (Wildman–Crippen MR) is 547 cm³/mol. The molecule has 17 aromatic rings. The highest BCUT2D eigenvalue weighted by molar-refractivity contribution is 7.19. The monoisotopic (exact) mass is 1840 g/mol. The Bertz CT molecular complexity index is 5240. The number of hydrogen-bond donors (Lipinski definition) is 3. The third kappa shape index (κ3) is 25.2. The van der Waals surface area contributed by atoms with Crippen molar-refractivity contribution < 1.29 is 4.52 Å². The lowest BCUT2D eigenvalue weighted by molar-refractivity contribution is 0.334. The molecule has 0 amide bonds. The second kappa shape index (κ2) is 43.5. The Hall–Kier alpha value is -8.53. The van der Waals surface area contributed by atoms with Crippen LogP contribution in [-0.4, -0.2) is 90.5 Å². The van der Waals surface area contributed by atoms with Gasteiger partial charge in [-0.25, -0.2) is 44.9 Å². The van der Waals surface area contributed by atoms with Crippen LogP contribution in [-0.2, 0) is 13.6 Å². The maximum Gasteiger partial charge on any atom is 0.211 e. The first-order valence-electron chi connectivity index (χ1n) is 46.4. The number of imidazole rings is 8. The summed E-state index contributed by atoms with van der Waals surface area (Å²) in [6.45, 7) is 79.8. The molecular formula is C101H149N19OS6. The summed E-state index contributed by atoms with van der Waals surface area (Å²) < 4.78 is 20.5. The van der Waals surface area contributed by atoms with E-state index in [-0.39, 0.29) is 0 Å². The maximum atomic E-state index is 5.61. The minimum atomic E-state index is 0.416. The summed E-state index contributed by atoms with van der Waals surface area (Å²) in [5.41, 5.74) is 19.3. The molecule has 0 bridgehead atoms. The number of H-pyrrole nitrogens is 3. The summed E-state index contributed by atoms with van der Waals surface area (Å²) in [5.74, 6) is 13.8. The zero-order chi connectivity index (χ0) is 93.5. The van der Waals surface area contributed by atoms with Gasteiger partial charge in [0, 0.05) is 129 Å². The molecule has 0 aromatic carbocycles. The predicted octanol–water partition coefficient (Wildman–Crippen LogP) is 31.7. The molecule has 18 heterocycles. The van der Waals surface area contributed by atoms with E-state index in [9.17, 15) is 0 Å². The maximum absolute atomic E-state index is 5.61. The quantitative estimate of drug-likeness (QED) is 0.0740. The number of aryl methyl sites for hydroxylation is 1. The summed E-state index contributed by atoms with van der Waals surface area (Å²) in [4.78, 5) is 61.6. The van der Waals surface area contributed by atoms with E-state index < -0.39 is 0 Å². The molecular weight excluding hydrogens is 1690 g/mol. The number of aromatic amines is 3. The van der Waals surface area contributed by atoms with Crippen LogP contribution in [0, 0.1) is 5.92 Å². The van der Waals surface area contributed by atoms with Gasteiger partial charge in [-0.3, -0.25) is 17.0 Å². The highest BCUT2D eigenvalue weighted by Gasteiger charge is 2.23. The van der Waals surface area contributed by atoms with Gasteiger partial charge < -0.3 is 28.6 Å². The molecule has 0 unspecified atom stereocenters. The van der Waals surface area contributed by atoms with Gasteiger partial charge in [-0.05, 0) is 119 Å². The molecule has 0 fully saturated rings. The van der Waals surface area contributed by atoms with Crippen molar-refractivity contribution in [1.29, 1.82) is 0 Å². The fourth-order valence-corrected chi connectivity index (χ4v) is 19.5. The first kappa shape index (κ1) is 101. The van der Waals surface area contributed by atoms with Crippen molar-refractivity contribution >= 4 is 132 Å². The van der Waals surface area contributed by atoms with Crippen molar-refractivity contribution in [2.45, 2.75) is 356 Å². The van der Waals surface area contributed by atoms with Gasteiger partial charge >= 0.3 is 0 Å². The first-order valence-corrected chi connectivity index (χ1v) is 51.3. The number of aromatic nitrogens is 19. The van der Waals surface area contributed by atoms with Crippen LogP contribution in [0.3, 0.4) is 0 Å². The Morgan fingerprint density at radius 1 is 0.394 bits per heavy atom. The van der Waals surface area contributed by atoms with E-state index >= 15 is 0 Å². The topological polar surface area (TPSA) is 208 Å². The fraction of sp³-hybridized carbons (Fsp3) is 0.554. The average molecular weight is 1840 g/mol. The summed E-state index contributed by atoms with van der Waals surface area (Å²) in [7, 11) is 2.14. The van der Waals surface area contributed by atoms with Gasteiger partial charge in [0.2, 0.25) is 5.78 Å². The summed E-state index contributed by atoms with van der Waals surface area (Å²) in [6, 6.07) is 10.8. The SMILES string of the molecule is CC(C)C1=Cc2nc(C(C)C)cn2C1.CC(C)c1cc2nc(C(C)C)sc2[nH]1.CC(C)c1cn2cc(C(C)C)[nH]c2n1.CC(C)c1cn2cc(C(C)C)sc2n1.CC(C)c1cn2oc(C(C)C)cc2n1.CC(C)c1cn2sc(C(C)C)cc2n1.CC(C)c1nc2cc(C(C)C)n(C)c2s1.CC(C)c1nc2sc(C(C)C)cc2[nH]1.CC(C)c1nc2sccn2c1C(C)C. The van der Waals surface area contributed by atoms with E-state index in [1.165, 1.54) is 90.9 Å². The van der Waals surface area contributed by atoms with Crippen LogP contribution in [0.1, 0.15) is 449 Å². The largest absolute Gasteiger partial charge is 0.378 e. The molecule has 17 aromatic heterocycles. The van der Waals surface area contributed by atoms with E-state index in [1.807, 2.05) is 23.6 Å². The van der Waals surface area contributed by atoms with E-state index in [2.05, 4.69) is 421 Å². The van der Waals surface area contributed by atoms with Crippen LogP contribution < -0.4 is 0 Å². The zero-order valence-electron chi connectivity index (χ0n) is 83.3. The summed E-state index contributed by atoms with van der Waals surface area (Å²) in [6.07, 6.45) is 19.2. The molecule has 26 heteroatoms. The number of hydrogen-bond acceptors (Lipinski definition) is 16. The first-order chi connectivity index (χ1) is 59.6. The minimum absolute atomic E-state index is 0.416. The second-order valence-electron chi connectivity index (χ2n) is 39.5.